The van der Waals surface area contributed by atoms with Crippen LogP contribution in [0.15, 0.2) is 54.6 Å². The number of rotatable bonds is 6. The van der Waals surface area contributed by atoms with Crippen LogP contribution in [0.3, 0.4) is 0 Å². The first-order valence-electron chi connectivity index (χ1n) is 9.18. The van der Waals surface area contributed by atoms with Crippen molar-refractivity contribution in [1.82, 2.24) is 10.6 Å². The maximum absolute atomic E-state index is 14.2. The highest BCUT2D eigenvalue weighted by Crippen LogP contribution is 2.29. The predicted molar refractivity (Wildman–Crippen MR) is 111 cm³/mol. The van der Waals surface area contributed by atoms with Gasteiger partial charge in [-0.1, -0.05) is 57.2 Å². The van der Waals surface area contributed by atoms with Gasteiger partial charge in [0.2, 0.25) is 0 Å². The normalized spacial score (nSPS) is 13.5. The largest absolute Gasteiger partial charge is 0.387 e. The average Bonchev–Trinajstić information content (AvgIpc) is 2.73. The molecular weight excluding hydrogens is 401 g/mol. The number of aliphatic hydroxyl groups is 1. The van der Waals surface area contributed by atoms with Gasteiger partial charge < -0.3 is 10.4 Å². The predicted octanol–water partition coefficient (Wildman–Crippen LogP) is 4.46. The third-order valence-corrected chi connectivity index (χ3v) is 4.33. The summed E-state index contributed by atoms with van der Waals surface area (Å²) in [6.45, 7) is 5.35. The Hall–Kier alpha value is -2.45. The van der Waals surface area contributed by atoms with Crippen molar-refractivity contribution in [2.45, 2.75) is 39.3 Å². The third kappa shape index (κ3) is 7.14. The highest BCUT2D eigenvalue weighted by atomic mass is 32.1. The number of aliphatic hydroxyl groups excluding tert-OH is 1. The molecule has 0 saturated carbocycles. The lowest BCUT2D eigenvalue weighted by Crippen LogP contribution is -2.45. The van der Waals surface area contributed by atoms with Crippen LogP contribution < -0.4 is 10.6 Å². The quantitative estimate of drug-likeness (QED) is 0.597. The molecule has 2 rings (SSSR count). The molecule has 0 fully saturated rings. The fraction of sp³-hybridized carbons (Fsp3) is 0.333. The van der Waals surface area contributed by atoms with Crippen molar-refractivity contribution in [3.63, 3.8) is 0 Å². The molecule has 0 saturated heterocycles. The summed E-state index contributed by atoms with van der Waals surface area (Å²) in [5.74, 6) is -2.23. The lowest BCUT2D eigenvalue weighted by molar-refractivity contribution is -0.0421. The van der Waals surface area contributed by atoms with E-state index in [1.807, 2.05) is 13.8 Å². The maximum Gasteiger partial charge on any atom is 0.264 e. The first-order valence-corrected chi connectivity index (χ1v) is 9.59. The van der Waals surface area contributed by atoms with Gasteiger partial charge in [0.15, 0.2) is 5.11 Å². The number of benzene rings is 2. The number of amides is 1. The number of hydrogen-bond acceptors (Lipinski definition) is 3. The summed E-state index contributed by atoms with van der Waals surface area (Å²) >= 11 is 5.09. The number of hydrogen-bond donors (Lipinski definition) is 3. The highest BCUT2D eigenvalue weighted by Gasteiger charge is 2.33. The van der Waals surface area contributed by atoms with Crippen LogP contribution in [0.2, 0.25) is 0 Å². The highest BCUT2D eigenvalue weighted by molar-refractivity contribution is 7.80. The van der Waals surface area contributed by atoms with Crippen molar-refractivity contribution < 1.29 is 23.1 Å². The molecule has 0 bridgehead atoms. The van der Waals surface area contributed by atoms with Crippen molar-refractivity contribution in [1.29, 1.82) is 0 Å². The van der Waals surface area contributed by atoms with E-state index < -0.39 is 36.2 Å². The van der Waals surface area contributed by atoms with Crippen molar-refractivity contribution in [3.8, 4) is 0 Å². The lowest BCUT2D eigenvalue weighted by atomic mass is 9.90. The van der Waals surface area contributed by atoms with Crippen LogP contribution in [0, 0.1) is 11.7 Å². The second-order valence-corrected chi connectivity index (χ2v) is 6.39. The number of carbonyl (C=O) groups is 1. The SMILES string of the molecule is CC.CC(C(NC(=S)NC(=O)c1ccccc1)c1ccccc1F)C(O)C(F)F. The van der Waals surface area contributed by atoms with E-state index in [0.29, 0.717) is 5.56 Å². The van der Waals surface area contributed by atoms with E-state index in [0.717, 1.165) is 0 Å². The Morgan fingerprint density at radius 1 is 1.03 bits per heavy atom. The minimum Gasteiger partial charge on any atom is -0.387 e. The average molecular weight is 427 g/mol. The van der Waals surface area contributed by atoms with Crippen LogP contribution in [0.25, 0.3) is 0 Å². The minimum absolute atomic E-state index is 0.0565. The molecule has 3 N–H and O–H groups in total. The molecule has 3 atom stereocenters. The number of alkyl halides is 2. The van der Waals surface area contributed by atoms with E-state index in [2.05, 4.69) is 10.6 Å². The topological polar surface area (TPSA) is 61.4 Å². The Labute approximate surface area is 174 Å². The number of carbonyl (C=O) groups excluding carboxylic acids is 1. The van der Waals surface area contributed by atoms with Crippen LogP contribution in [0.5, 0.6) is 0 Å². The molecule has 2 aromatic carbocycles. The number of halogens is 3. The molecule has 0 radical (unpaired) electrons. The van der Waals surface area contributed by atoms with Gasteiger partial charge in [0.25, 0.3) is 12.3 Å². The van der Waals surface area contributed by atoms with E-state index in [-0.39, 0.29) is 10.7 Å². The van der Waals surface area contributed by atoms with Crippen molar-refractivity contribution in [2.24, 2.45) is 5.92 Å². The summed E-state index contributed by atoms with van der Waals surface area (Å²) in [6, 6.07) is 12.8. The van der Waals surface area contributed by atoms with Crippen LogP contribution in [0.4, 0.5) is 13.2 Å². The molecule has 158 valence electrons. The van der Waals surface area contributed by atoms with Gasteiger partial charge >= 0.3 is 0 Å². The summed E-state index contributed by atoms with van der Waals surface area (Å²) in [4.78, 5) is 12.2. The third-order valence-electron chi connectivity index (χ3n) is 4.11. The van der Waals surface area contributed by atoms with Crippen LogP contribution in [0.1, 0.15) is 42.7 Å². The molecule has 29 heavy (non-hydrogen) atoms. The standard InChI is InChI=1S/C19H19F3N2O2S.C2H6/c1-11(16(25)17(21)22)15(13-9-5-6-10-14(13)20)23-19(27)24-18(26)12-7-3-2-4-8-12;1-2/h2-11,15-17,25H,1H3,(H2,23,24,26,27);1-2H3. The minimum atomic E-state index is -3.01. The molecular formula is C21H25F3N2O2S. The first-order chi connectivity index (χ1) is 13.8. The zero-order valence-electron chi connectivity index (χ0n) is 16.4. The van der Waals surface area contributed by atoms with E-state index in [9.17, 15) is 23.1 Å². The molecule has 0 aliphatic carbocycles. The Morgan fingerprint density at radius 2 is 1.59 bits per heavy atom. The van der Waals surface area contributed by atoms with Gasteiger partial charge in [-0.15, -0.1) is 0 Å². The van der Waals surface area contributed by atoms with Gasteiger partial charge in [0.1, 0.15) is 11.9 Å². The summed E-state index contributed by atoms with van der Waals surface area (Å²) < 4.78 is 40.1. The van der Waals surface area contributed by atoms with Crippen molar-refractivity contribution in [2.75, 3.05) is 0 Å². The molecule has 8 heteroatoms. The number of nitrogens with one attached hydrogen (secondary N) is 2. The van der Waals surface area contributed by atoms with Crippen molar-refractivity contribution >= 4 is 23.2 Å². The van der Waals surface area contributed by atoms with Gasteiger partial charge in [0, 0.05) is 17.0 Å². The molecule has 3 unspecified atom stereocenters. The summed E-state index contributed by atoms with van der Waals surface area (Å²) in [7, 11) is 0. The molecule has 0 heterocycles. The van der Waals surface area contributed by atoms with E-state index >= 15 is 0 Å². The second kappa shape index (κ2) is 12.2. The van der Waals surface area contributed by atoms with Crippen LogP contribution in [-0.2, 0) is 0 Å². The molecule has 1 amide bonds. The van der Waals surface area contributed by atoms with Crippen LogP contribution >= 0.6 is 12.2 Å². The fourth-order valence-corrected chi connectivity index (χ4v) is 2.81. The molecule has 0 aliphatic heterocycles. The first kappa shape index (κ1) is 24.6. The fourth-order valence-electron chi connectivity index (χ4n) is 2.59. The number of thiocarbonyl (C=S) groups is 1. The van der Waals surface area contributed by atoms with Gasteiger partial charge in [-0.3, -0.25) is 10.1 Å². The summed E-state index contributed by atoms with van der Waals surface area (Å²) in [5, 5.41) is 14.7. The van der Waals surface area contributed by atoms with E-state index in [4.69, 9.17) is 12.2 Å². The maximum atomic E-state index is 14.2. The van der Waals surface area contributed by atoms with Gasteiger partial charge in [-0.2, -0.15) is 0 Å². The van der Waals surface area contributed by atoms with Crippen LogP contribution in [-0.4, -0.2) is 28.7 Å². The molecule has 2 aromatic rings. The Kier molecular flexibility index (Phi) is 10.3. The van der Waals surface area contributed by atoms with Gasteiger partial charge in [-0.25, -0.2) is 13.2 Å². The summed E-state index contributed by atoms with van der Waals surface area (Å²) in [6.07, 6.45) is -5.02. The monoisotopic (exact) mass is 426 g/mol. The van der Waals surface area contributed by atoms with E-state index in [1.54, 1.807) is 36.4 Å². The Morgan fingerprint density at radius 3 is 2.14 bits per heavy atom. The molecule has 0 spiro atoms. The summed E-state index contributed by atoms with van der Waals surface area (Å²) in [5.41, 5.74) is 0.408. The lowest BCUT2D eigenvalue weighted by Gasteiger charge is -2.30. The molecule has 4 nitrogen and oxygen atoms in total. The zero-order valence-corrected chi connectivity index (χ0v) is 17.2. The molecule has 0 aliphatic rings. The Balaban J connectivity index is 0.00000204. The van der Waals surface area contributed by atoms with Crippen molar-refractivity contribution in [3.05, 3.63) is 71.5 Å². The smallest absolute Gasteiger partial charge is 0.264 e. The zero-order chi connectivity index (χ0) is 22.0. The Bertz CT molecular complexity index is 791. The van der Waals surface area contributed by atoms with E-state index in [1.165, 1.54) is 25.1 Å². The molecule has 0 aromatic heterocycles. The second-order valence-electron chi connectivity index (χ2n) is 5.98. The van der Waals surface area contributed by atoms with Gasteiger partial charge in [-0.05, 0) is 30.4 Å². The van der Waals surface area contributed by atoms with Gasteiger partial charge in [0.05, 0.1) is 6.04 Å².